The summed E-state index contributed by atoms with van der Waals surface area (Å²) in [7, 11) is -1.74. The standard InChI is InChI=1S/C10H23N3O2S/c1-10(2,9-11)12(3)16(14,15)13-7-5-4-6-8-13/h4-9,11H2,1-3H3. The second-order valence-corrected chi connectivity index (χ2v) is 6.91. The van der Waals surface area contributed by atoms with E-state index in [9.17, 15) is 8.42 Å². The molecule has 0 aliphatic carbocycles. The summed E-state index contributed by atoms with van der Waals surface area (Å²) in [6.07, 6.45) is 3.03. The molecule has 2 N–H and O–H groups in total. The number of nitrogens with zero attached hydrogens (tertiary/aromatic N) is 2. The van der Waals surface area contributed by atoms with Gasteiger partial charge in [-0.3, -0.25) is 0 Å². The van der Waals surface area contributed by atoms with E-state index in [1.165, 1.54) is 4.31 Å². The van der Waals surface area contributed by atoms with Gasteiger partial charge in [-0.2, -0.15) is 17.0 Å². The third-order valence-electron chi connectivity index (χ3n) is 3.34. The molecule has 0 bridgehead atoms. The van der Waals surface area contributed by atoms with Gasteiger partial charge < -0.3 is 5.73 Å². The molecule has 5 nitrogen and oxygen atoms in total. The van der Waals surface area contributed by atoms with Gasteiger partial charge in [0.1, 0.15) is 0 Å². The molecule has 1 fully saturated rings. The molecule has 6 heteroatoms. The lowest BCUT2D eigenvalue weighted by Crippen LogP contribution is -2.55. The first-order valence-electron chi connectivity index (χ1n) is 5.76. The molecule has 1 heterocycles. The Bertz CT molecular complexity index is 321. The highest BCUT2D eigenvalue weighted by Crippen LogP contribution is 2.21. The molecule has 1 saturated heterocycles. The first-order valence-corrected chi connectivity index (χ1v) is 7.16. The minimum Gasteiger partial charge on any atom is -0.329 e. The second-order valence-electron chi connectivity index (χ2n) is 4.95. The van der Waals surface area contributed by atoms with Crippen molar-refractivity contribution in [2.45, 2.75) is 38.6 Å². The highest BCUT2D eigenvalue weighted by Gasteiger charge is 2.36. The van der Waals surface area contributed by atoms with Crippen molar-refractivity contribution in [3.8, 4) is 0 Å². The Hall–Kier alpha value is -0.170. The van der Waals surface area contributed by atoms with Crippen LogP contribution in [0.4, 0.5) is 0 Å². The van der Waals surface area contributed by atoms with E-state index in [1.807, 2.05) is 13.8 Å². The minimum atomic E-state index is -3.35. The highest BCUT2D eigenvalue weighted by molar-refractivity contribution is 7.86. The molecule has 0 spiro atoms. The Kier molecular flexibility index (Phi) is 4.34. The van der Waals surface area contributed by atoms with E-state index in [1.54, 1.807) is 11.4 Å². The van der Waals surface area contributed by atoms with Crippen LogP contribution in [0.25, 0.3) is 0 Å². The van der Waals surface area contributed by atoms with E-state index in [-0.39, 0.29) is 0 Å². The maximum atomic E-state index is 12.3. The van der Waals surface area contributed by atoms with Gasteiger partial charge in [0.25, 0.3) is 10.2 Å². The van der Waals surface area contributed by atoms with Crippen molar-refractivity contribution in [3.05, 3.63) is 0 Å². The van der Waals surface area contributed by atoms with Crippen LogP contribution < -0.4 is 5.73 Å². The molecule has 0 amide bonds. The smallest absolute Gasteiger partial charge is 0.282 e. The van der Waals surface area contributed by atoms with E-state index in [0.29, 0.717) is 19.6 Å². The van der Waals surface area contributed by atoms with Gasteiger partial charge in [0.15, 0.2) is 0 Å². The van der Waals surface area contributed by atoms with Crippen molar-refractivity contribution in [3.63, 3.8) is 0 Å². The van der Waals surface area contributed by atoms with Gasteiger partial charge in [-0.15, -0.1) is 0 Å². The van der Waals surface area contributed by atoms with Crippen LogP contribution in [0, 0.1) is 0 Å². The normalized spacial score (nSPS) is 20.3. The van der Waals surface area contributed by atoms with Gasteiger partial charge >= 0.3 is 0 Å². The van der Waals surface area contributed by atoms with Crippen LogP contribution in [0.5, 0.6) is 0 Å². The SMILES string of the molecule is CN(C(C)(C)CN)S(=O)(=O)N1CCCCC1. The lowest BCUT2D eigenvalue weighted by atomic mass is 10.1. The summed E-state index contributed by atoms with van der Waals surface area (Å²) >= 11 is 0. The van der Waals surface area contributed by atoms with E-state index in [0.717, 1.165) is 19.3 Å². The van der Waals surface area contributed by atoms with Crippen molar-refractivity contribution >= 4 is 10.2 Å². The Morgan fingerprint density at radius 1 is 1.25 bits per heavy atom. The molecule has 0 radical (unpaired) electrons. The van der Waals surface area contributed by atoms with Crippen molar-refractivity contribution < 1.29 is 8.42 Å². The van der Waals surface area contributed by atoms with Crippen LogP contribution >= 0.6 is 0 Å². The number of rotatable bonds is 4. The molecule has 1 aliphatic heterocycles. The molecule has 96 valence electrons. The zero-order chi connectivity index (χ0) is 12.4. The van der Waals surface area contributed by atoms with Crippen molar-refractivity contribution in [1.29, 1.82) is 0 Å². The summed E-state index contributed by atoms with van der Waals surface area (Å²) in [4.78, 5) is 0. The van der Waals surface area contributed by atoms with Crippen LogP contribution in [0.1, 0.15) is 33.1 Å². The summed E-state index contributed by atoms with van der Waals surface area (Å²) < 4.78 is 27.5. The summed E-state index contributed by atoms with van der Waals surface area (Å²) in [6, 6.07) is 0. The lowest BCUT2D eigenvalue weighted by molar-refractivity contribution is 0.238. The third-order valence-corrected chi connectivity index (χ3v) is 5.54. The van der Waals surface area contributed by atoms with Crippen LogP contribution in [0.2, 0.25) is 0 Å². The molecule has 1 rings (SSSR count). The Morgan fingerprint density at radius 3 is 2.19 bits per heavy atom. The molecule has 0 aromatic heterocycles. The molecule has 0 unspecified atom stereocenters. The molecule has 0 saturated carbocycles. The molecular formula is C10H23N3O2S. The zero-order valence-electron chi connectivity index (χ0n) is 10.4. The fourth-order valence-electron chi connectivity index (χ4n) is 1.71. The topological polar surface area (TPSA) is 66.6 Å². The molecule has 0 aromatic carbocycles. The fraction of sp³-hybridized carbons (Fsp3) is 1.00. The first-order chi connectivity index (χ1) is 7.32. The van der Waals surface area contributed by atoms with Crippen LogP contribution in [0.15, 0.2) is 0 Å². The van der Waals surface area contributed by atoms with Gasteiger partial charge in [0.05, 0.1) is 0 Å². The van der Waals surface area contributed by atoms with Gasteiger partial charge in [-0.25, -0.2) is 0 Å². The average Bonchev–Trinajstić information content (AvgIpc) is 2.29. The molecule has 16 heavy (non-hydrogen) atoms. The summed E-state index contributed by atoms with van der Waals surface area (Å²) in [6.45, 7) is 5.26. The van der Waals surface area contributed by atoms with Gasteiger partial charge in [0, 0.05) is 32.2 Å². The summed E-state index contributed by atoms with van der Waals surface area (Å²) in [5.41, 5.74) is 5.08. The van der Waals surface area contributed by atoms with Gasteiger partial charge in [0.2, 0.25) is 0 Å². The van der Waals surface area contributed by atoms with E-state index in [4.69, 9.17) is 5.73 Å². The van der Waals surface area contributed by atoms with Crippen LogP contribution in [-0.4, -0.2) is 49.2 Å². The number of likely N-dealkylation sites (N-methyl/N-ethyl adjacent to an activating group) is 1. The maximum Gasteiger partial charge on any atom is 0.282 e. The molecule has 1 aliphatic rings. The van der Waals surface area contributed by atoms with Gasteiger partial charge in [-0.05, 0) is 26.7 Å². The van der Waals surface area contributed by atoms with Gasteiger partial charge in [-0.1, -0.05) is 6.42 Å². The van der Waals surface area contributed by atoms with E-state index < -0.39 is 15.7 Å². The summed E-state index contributed by atoms with van der Waals surface area (Å²) in [5, 5.41) is 0. The zero-order valence-corrected chi connectivity index (χ0v) is 11.3. The first kappa shape index (κ1) is 13.9. The number of piperidine rings is 1. The molecule has 0 aromatic rings. The van der Waals surface area contributed by atoms with Crippen molar-refractivity contribution in [2.75, 3.05) is 26.7 Å². The number of nitrogens with two attached hydrogens (primary N) is 1. The van der Waals surface area contributed by atoms with Crippen LogP contribution in [-0.2, 0) is 10.2 Å². The Morgan fingerprint density at radius 2 is 1.75 bits per heavy atom. The quantitative estimate of drug-likeness (QED) is 0.783. The predicted octanol–water partition coefficient (Wildman–Crippen LogP) is 0.386. The van der Waals surface area contributed by atoms with Crippen molar-refractivity contribution in [2.24, 2.45) is 5.73 Å². The van der Waals surface area contributed by atoms with Crippen LogP contribution in [0.3, 0.4) is 0 Å². The van der Waals surface area contributed by atoms with Crippen molar-refractivity contribution in [1.82, 2.24) is 8.61 Å². The Balaban J connectivity index is 2.84. The third kappa shape index (κ3) is 2.74. The fourth-order valence-corrected chi connectivity index (χ4v) is 3.47. The second kappa shape index (κ2) is 5.00. The lowest BCUT2D eigenvalue weighted by Gasteiger charge is -2.38. The minimum absolute atomic E-state index is 0.316. The largest absolute Gasteiger partial charge is 0.329 e. The monoisotopic (exact) mass is 249 g/mol. The predicted molar refractivity (Wildman–Crippen MR) is 65.2 cm³/mol. The number of hydrogen-bond donors (Lipinski definition) is 1. The maximum absolute atomic E-state index is 12.3. The van der Waals surface area contributed by atoms with E-state index in [2.05, 4.69) is 0 Å². The number of hydrogen-bond acceptors (Lipinski definition) is 3. The Labute approximate surface area is 98.8 Å². The molecular weight excluding hydrogens is 226 g/mol. The highest BCUT2D eigenvalue weighted by atomic mass is 32.2. The summed E-state index contributed by atoms with van der Waals surface area (Å²) in [5.74, 6) is 0. The van der Waals surface area contributed by atoms with E-state index >= 15 is 0 Å². The molecule has 0 atom stereocenters. The average molecular weight is 249 g/mol.